The molecule has 2 heterocycles. The molecule has 1 aliphatic heterocycles. The standard InChI is InChI=1S/C39H40F4N4O6/c1-5-38(6-2,37(51)52-22-25-10-8-7-9-11-25)33-17-16-31(27-19-28(39(41,42)43)21-29(40)20-27)47(33)36(50)24(4)44-34(48)26-12-14-30(15-13-26)53-32-18-23(3)45-46-35(32)49/h7-15,18-21,24,31,33H,5-6,16-17,22H2,1-4H3,(H,44,48)(H,46,49)/t24-,31+,33-/m1/s1. The van der Waals surface area contributed by atoms with Gasteiger partial charge in [-0.15, -0.1) is 0 Å². The zero-order valence-electron chi connectivity index (χ0n) is 29.6. The monoisotopic (exact) mass is 736 g/mol. The van der Waals surface area contributed by atoms with Crippen LogP contribution in [0.5, 0.6) is 11.5 Å². The zero-order valence-corrected chi connectivity index (χ0v) is 29.6. The first kappa shape index (κ1) is 38.7. The molecule has 280 valence electrons. The van der Waals surface area contributed by atoms with Crippen molar-refractivity contribution >= 4 is 17.8 Å². The van der Waals surface area contributed by atoms with E-state index in [0.717, 1.165) is 17.7 Å². The predicted octanol–water partition coefficient (Wildman–Crippen LogP) is 7.43. The van der Waals surface area contributed by atoms with E-state index in [1.165, 1.54) is 42.2 Å². The first-order valence-corrected chi connectivity index (χ1v) is 17.2. The lowest BCUT2D eigenvalue weighted by molar-refractivity contribution is -0.164. The Morgan fingerprint density at radius 2 is 1.66 bits per heavy atom. The average molecular weight is 737 g/mol. The van der Waals surface area contributed by atoms with Crippen molar-refractivity contribution in [2.75, 3.05) is 0 Å². The second-order valence-corrected chi connectivity index (χ2v) is 13.1. The molecular weight excluding hydrogens is 696 g/mol. The van der Waals surface area contributed by atoms with E-state index >= 15 is 0 Å². The molecule has 0 saturated carbocycles. The minimum atomic E-state index is -4.85. The van der Waals surface area contributed by atoms with E-state index in [1.807, 2.05) is 6.07 Å². The summed E-state index contributed by atoms with van der Waals surface area (Å²) in [4.78, 5) is 55.2. The number of nitrogens with one attached hydrogen (secondary N) is 2. The van der Waals surface area contributed by atoms with Crippen molar-refractivity contribution < 1.29 is 41.4 Å². The van der Waals surface area contributed by atoms with E-state index in [-0.39, 0.29) is 54.9 Å². The molecule has 3 aromatic carbocycles. The van der Waals surface area contributed by atoms with Crippen LogP contribution in [0.25, 0.3) is 0 Å². The van der Waals surface area contributed by atoms with Crippen LogP contribution in [0, 0.1) is 18.2 Å². The number of carbonyl (C=O) groups is 3. The maximum atomic E-state index is 14.7. The number of halogens is 4. The molecule has 1 fully saturated rings. The van der Waals surface area contributed by atoms with E-state index < -0.39 is 64.4 Å². The third-order valence-electron chi connectivity index (χ3n) is 9.75. The Labute approximate surface area is 303 Å². The summed E-state index contributed by atoms with van der Waals surface area (Å²) in [5, 5.41) is 8.77. The molecule has 0 bridgehead atoms. The molecule has 0 spiro atoms. The molecule has 2 amide bonds. The number of benzene rings is 3. The van der Waals surface area contributed by atoms with E-state index in [2.05, 4.69) is 15.5 Å². The maximum absolute atomic E-state index is 14.7. The number of carbonyl (C=O) groups excluding carboxylic acids is 3. The maximum Gasteiger partial charge on any atom is 0.416 e. The average Bonchev–Trinajstić information content (AvgIpc) is 3.58. The van der Waals surface area contributed by atoms with Crippen molar-refractivity contribution in [2.45, 2.75) is 84.3 Å². The molecule has 1 aliphatic rings. The van der Waals surface area contributed by atoms with Crippen molar-refractivity contribution in [2.24, 2.45) is 5.41 Å². The quantitative estimate of drug-likeness (QED) is 0.114. The lowest BCUT2D eigenvalue weighted by atomic mass is 9.74. The van der Waals surface area contributed by atoms with Crippen LogP contribution in [0.15, 0.2) is 83.7 Å². The van der Waals surface area contributed by atoms with Gasteiger partial charge in [0.1, 0.15) is 24.2 Å². The van der Waals surface area contributed by atoms with E-state index in [4.69, 9.17) is 9.47 Å². The highest BCUT2D eigenvalue weighted by molar-refractivity contribution is 5.97. The van der Waals surface area contributed by atoms with Crippen LogP contribution in [-0.2, 0) is 27.1 Å². The van der Waals surface area contributed by atoms with Crippen LogP contribution in [0.1, 0.15) is 85.2 Å². The molecule has 1 aromatic heterocycles. The summed E-state index contributed by atoms with van der Waals surface area (Å²) in [6.45, 7) is 6.63. The van der Waals surface area contributed by atoms with Gasteiger partial charge in [-0.05, 0) is 93.1 Å². The fourth-order valence-corrected chi connectivity index (χ4v) is 6.89. The van der Waals surface area contributed by atoms with Crippen molar-refractivity contribution in [3.8, 4) is 11.5 Å². The molecular formula is C39H40F4N4O6. The van der Waals surface area contributed by atoms with Gasteiger partial charge in [0, 0.05) is 17.7 Å². The number of rotatable bonds is 12. The second-order valence-electron chi connectivity index (χ2n) is 13.1. The summed E-state index contributed by atoms with van der Waals surface area (Å²) in [7, 11) is 0. The highest BCUT2D eigenvalue weighted by atomic mass is 19.4. The number of H-pyrrole nitrogens is 1. The van der Waals surface area contributed by atoms with Crippen molar-refractivity contribution in [1.29, 1.82) is 0 Å². The normalized spacial score (nSPS) is 16.6. The molecule has 4 aromatic rings. The van der Waals surface area contributed by atoms with Crippen LogP contribution < -0.4 is 15.6 Å². The number of aromatic amines is 1. The van der Waals surface area contributed by atoms with Crippen molar-refractivity contribution in [3.05, 3.63) is 123 Å². The highest BCUT2D eigenvalue weighted by Crippen LogP contribution is 2.48. The van der Waals surface area contributed by atoms with Gasteiger partial charge in [-0.25, -0.2) is 9.49 Å². The lowest BCUT2D eigenvalue weighted by Crippen LogP contribution is -2.56. The number of likely N-dealkylation sites (tertiary alicyclic amines) is 1. The molecule has 3 atom stereocenters. The summed E-state index contributed by atoms with van der Waals surface area (Å²) in [6.07, 6.45) is -4.05. The van der Waals surface area contributed by atoms with Crippen LogP contribution in [0.3, 0.4) is 0 Å². The van der Waals surface area contributed by atoms with Gasteiger partial charge in [-0.1, -0.05) is 44.2 Å². The molecule has 53 heavy (non-hydrogen) atoms. The van der Waals surface area contributed by atoms with Crippen molar-refractivity contribution in [3.63, 3.8) is 0 Å². The third-order valence-corrected chi connectivity index (χ3v) is 9.75. The molecule has 14 heteroatoms. The van der Waals surface area contributed by atoms with Gasteiger partial charge in [-0.3, -0.25) is 19.2 Å². The molecule has 5 rings (SSSR count). The number of nitrogens with zero attached hydrogens (tertiary/aromatic N) is 2. The topological polar surface area (TPSA) is 131 Å². The number of hydrogen-bond donors (Lipinski definition) is 2. The molecule has 0 unspecified atom stereocenters. The zero-order chi connectivity index (χ0) is 38.5. The number of hydrogen-bond acceptors (Lipinski definition) is 7. The fraction of sp³-hybridized carbons (Fsp3) is 0.359. The largest absolute Gasteiger partial charge is 0.460 e. The SMILES string of the molecule is CCC(CC)(C(=O)OCc1ccccc1)[C@H]1CC[C@@H](c2cc(F)cc(C(F)(F)F)c2)N1C(=O)[C@@H](C)NC(=O)c1ccc(Oc2cc(C)n[nH]c2=O)cc1. The summed E-state index contributed by atoms with van der Waals surface area (Å²) in [6, 6.07) is 15.3. The molecule has 2 N–H and O–H groups in total. The van der Waals surface area contributed by atoms with E-state index in [1.54, 1.807) is 45.0 Å². The van der Waals surface area contributed by atoms with Gasteiger partial charge in [0.15, 0.2) is 5.75 Å². The van der Waals surface area contributed by atoms with Crippen LogP contribution in [0.2, 0.25) is 0 Å². The fourth-order valence-electron chi connectivity index (χ4n) is 6.89. The second kappa shape index (κ2) is 16.0. The number of ether oxygens (including phenoxy) is 2. The molecule has 0 radical (unpaired) electrons. The summed E-state index contributed by atoms with van der Waals surface area (Å²) >= 11 is 0. The highest BCUT2D eigenvalue weighted by Gasteiger charge is 2.53. The van der Waals surface area contributed by atoms with Gasteiger partial charge in [-0.2, -0.15) is 18.3 Å². The first-order valence-electron chi connectivity index (χ1n) is 17.2. The predicted molar refractivity (Wildman–Crippen MR) is 186 cm³/mol. The van der Waals surface area contributed by atoms with Gasteiger partial charge >= 0.3 is 17.7 Å². The van der Waals surface area contributed by atoms with Gasteiger partial charge in [0.25, 0.3) is 5.91 Å². The van der Waals surface area contributed by atoms with E-state index in [9.17, 15) is 36.7 Å². The number of alkyl halides is 3. The van der Waals surface area contributed by atoms with E-state index in [0.29, 0.717) is 11.8 Å². The number of esters is 1. The number of amides is 2. The first-order chi connectivity index (χ1) is 25.2. The minimum Gasteiger partial charge on any atom is -0.460 e. The van der Waals surface area contributed by atoms with Crippen LogP contribution in [-0.4, -0.2) is 45.0 Å². The molecule has 10 nitrogen and oxygen atoms in total. The van der Waals surface area contributed by atoms with Crippen molar-refractivity contribution in [1.82, 2.24) is 20.4 Å². The Bertz CT molecular complexity index is 2000. The molecule has 1 saturated heterocycles. The Hall–Kier alpha value is -5.53. The smallest absolute Gasteiger partial charge is 0.416 e. The van der Waals surface area contributed by atoms with Gasteiger partial charge in [0.2, 0.25) is 5.91 Å². The van der Waals surface area contributed by atoms with Crippen LogP contribution >= 0.6 is 0 Å². The number of aromatic nitrogens is 2. The summed E-state index contributed by atoms with van der Waals surface area (Å²) in [5.74, 6) is -2.75. The number of aryl methyl sites for hydroxylation is 1. The lowest BCUT2D eigenvalue weighted by Gasteiger charge is -2.43. The Morgan fingerprint density at radius 3 is 2.30 bits per heavy atom. The third kappa shape index (κ3) is 8.58. The van der Waals surface area contributed by atoms with Gasteiger partial charge in [0.05, 0.1) is 22.7 Å². The Balaban J connectivity index is 1.43. The van der Waals surface area contributed by atoms with Crippen LogP contribution in [0.4, 0.5) is 17.6 Å². The van der Waals surface area contributed by atoms with Gasteiger partial charge < -0.3 is 19.7 Å². The Kier molecular flexibility index (Phi) is 11.7. The summed E-state index contributed by atoms with van der Waals surface area (Å²) < 4.78 is 67.6. The summed E-state index contributed by atoms with van der Waals surface area (Å²) in [5.41, 5.74) is -1.69. The minimum absolute atomic E-state index is 0.00322. The Morgan fingerprint density at radius 1 is 0.981 bits per heavy atom. The molecule has 0 aliphatic carbocycles.